The van der Waals surface area contributed by atoms with Gasteiger partial charge in [0.15, 0.2) is 0 Å². The number of hydrogen-bond acceptors (Lipinski definition) is 5. The van der Waals surface area contributed by atoms with E-state index in [1.165, 1.54) is 29.2 Å². The van der Waals surface area contributed by atoms with Crippen LogP contribution >= 0.6 is 0 Å². The second kappa shape index (κ2) is 11.6. The number of alkyl halides is 3. The summed E-state index contributed by atoms with van der Waals surface area (Å²) in [6.45, 7) is 7.40. The molecule has 2 aromatic carbocycles. The van der Waals surface area contributed by atoms with E-state index >= 15 is 0 Å². The van der Waals surface area contributed by atoms with E-state index in [1.807, 2.05) is 20.8 Å². The van der Waals surface area contributed by atoms with Gasteiger partial charge < -0.3 is 26.7 Å². The highest BCUT2D eigenvalue weighted by Crippen LogP contribution is 2.35. The largest absolute Gasteiger partial charge is 0.418 e. The van der Waals surface area contributed by atoms with Crippen molar-refractivity contribution in [2.45, 2.75) is 39.9 Å². The van der Waals surface area contributed by atoms with Gasteiger partial charge in [-0.1, -0.05) is 12.0 Å². The molecule has 1 amide bonds. The fourth-order valence-electron chi connectivity index (χ4n) is 3.46. The summed E-state index contributed by atoms with van der Waals surface area (Å²) < 4.78 is 42.7. The molecule has 0 aliphatic rings. The molecule has 1 heterocycles. The van der Waals surface area contributed by atoms with Crippen molar-refractivity contribution in [2.24, 2.45) is 11.5 Å². The van der Waals surface area contributed by atoms with Crippen LogP contribution in [0.2, 0.25) is 0 Å². The van der Waals surface area contributed by atoms with Crippen LogP contribution < -0.4 is 22.1 Å². The minimum atomic E-state index is -4.64. The first kappa shape index (κ1) is 27.9. The van der Waals surface area contributed by atoms with Crippen molar-refractivity contribution in [3.63, 3.8) is 0 Å². The molecule has 0 atom stereocenters. The van der Waals surface area contributed by atoms with E-state index in [0.29, 0.717) is 17.1 Å². The van der Waals surface area contributed by atoms with Gasteiger partial charge in [0, 0.05) is 29.1 Å². The number of carbonyl (C=O) groups excluding carboxylic acids is 1. The molecule has 7 nitrogen and oxygen atoms in total. The Bertz CT molecular complexity index is 1460. The Labute approximate surface area is 219 Å². The lowest BCUT2D eigenvalue weighted by atomic mass is 10.0. The van der Waals surface area contributed by atoms with Crippen LogP contribution in [0, 0.1) is 25.7 Å². The normalized spacial score (nSPS) is 12.2. The molecule has 0 saturated carbocycles. The minimum Gasteiger partial charge on any atom is -0.392 e. The van der Waals surface area contributed by atoms with Gasteiger partial charge in [-0.15, -0.1) is 0 Å². The van der Waals surface area contributed by atoms with Crippen LogP contribution in [0.25, 0.3) is 5.69 Å². The number of allylic oxidation sites excluding steroid dienone is 3. The number of rotatable bonds is 6. The second-order valence-corrected chi connectivity index (χ2v) is 8.93. The maximum Gasteiger partial charge on any atom is 0.418 e. The lowest BCUT2D eigenvalue weighted by molar-refractivity contribution is -0.137. The summed E-state index contributed by atoms with van der Waals surface area (Å²) in [5, 5.41) is 5.56. The Morgan fingerprint density at radius 1 is 1.11 bits per heavy atom. The highest BCUT2D eigenvalue weighted by molar-refractivity contribution is 6.04. The maximum atomic E-state index is 13.8. The monoisotopic (exact) mass is 522 g/mol. The Hall–Kier alpha value is -4.65. The van der Waals surface area contributed by atoms with Crippen molar-refractivity contribution in [3.05, 3.63) is 101 Å². The summed E-state index contributed by atoms with van der Waals surface area (Å²) in [4.78, 5) is 16.9. The molecule has 3 rings (SSSR count). The fourth-order valence-corrected chi connectivity index (χ4v) is 3.46. The van der Waals surface area contributed by atoms with E-state index < -0.39 is 17.6 Å². The number of nitrogens with one attached hydrogen (secondary N) is 2. The molecule has 0 radical (unpaired) electrons. The van der Waals surface area contributed by atoms with Crippen LogP contribution in [0.5, 0.6) is 0 Å². The van der Waals surface area contributed by atoms with Crippen molar-refractivity contribution in [2.75, 3.05) is 5.32 Å². The van der Waals surface area contributed by atoms with Crippen molar-refractivity contribution in [1.82, 2.24) is 14.9 Å². The van der Waals surface area contributed by atoms with Crippen molar-refractivity contribution in [3.8, 4) is 17.5 Å². The summed E-state index contributed by atoms with van der Waals surface area (Å²) >= 11 is 0. The number of imidazole rings is 1. The quantitative estimate of drug-likeness (QED) is 0.276. The van der Waals surface area contributed by atoms with E-state index in [-0.39, 0.29) is 28.7 Å². The van der Waals surface area contributed by atoms with Crippen molar-refractivity contribution in [1.29, 1.82) is 0 Å². The Kier molecular flexibility index (Phi) is 8.53. The number of halogens is 3. The average Bonchev–Trinajstić information content (AvgIpc) is 3.27. The number of benzene rings is 2. The van der Waals surface area contributed by atoms with E-state index in [0.717, 1.165) is 11.6 Å². The summed E-state index contributed by atoms with van der Waals surface area (Å²) in [7, 11) is 0. The summed E-state index contributed by atoms with van der Waals surface area (Å²) in [6.07, 6.45) is 1.33. The van der Waals surface area contributed by atoms with Crippen LogP contribution in [0.4, 0.5) is 18.9 Å². The molecule has 10 heteroatoms. The molecule has 0 aliphatic heterocycles. The van der Waals surface area contributed by atoms with Crippen LogP contribution in [0.1, 0.15) is 46.6 Å². The van der Waals surface area contributed by atoms with Gasteiger partial charge in [-0.2, -0.15) is 13.2 Å². The Balaban J connectivity index is 1.83. The molecule has 3 aromatic rings. The number of hydrogen-bond donors (Lipinski definition) is 4. The predicted molar refractivity (Wildman–Crippen MR) is 142 cm³/mol. The van der Waals surface area contributed by atoms with Gasteiger partial charge in [-0.05, 0) is 81.7 Å². The standard InChI is InChI=1S/C28H29F3N6O/c1-17(2)35-26(33)12-9-22(32)8-7-20-13-21(6-5-18(20)3)27(38)36-23-10-11-25(24(14-23)28(29,30)31)37-15-19(4)34-16-37/h5-6,9-17,35H,32-33H2,1-4H3,(H,36,38)/b22-9-,26-12+. The number of amides is 1. The lowest BCUT2D eigenvalue weighted by Gasteiger charge is -2.15. The van der Waals surface area contributed by atoms with Gasteiger partial charge in [0.05, 0.1) is 34.8 Å². The Morgan fingerprint density at radius 3 is 2.47 bits per heavy atom. The number of aryl methyl sites for hydroxylation is 2. The molecule has 6 N–H and O–H groups in total. The number of nitrogens with two attached hydrogens (primary N) is 2. The summed E-state index contributed by atoms with van der Waals surface area (Å²) in [6, 6.07) is 8.60. The molecular weight excluding hydrogens is 493 g/mol. The summed E-state index contributed by atoms with van der Waals surface area (Å²) in [5.74, 6) is 5.60. The lowest BCUT2D eigenvalue weighted by Crippen LogP contribution is -2.26. The zero-order valence-electron chi connectivity index (χ0n) is 21.4. The molecule has 198 valence electrons. The molecule has 0 unspecified atom stereocenters. The minimum absolute atomic E-state index is 0.00248. The fraction of sp³-hybridized carbons (Fsp3) is 0.214. The van der Waals surface area contributed by atoms with Gasteiger partial charge in [-0.3, -0.25) is 4.79 Å². The summed E-state index contributed by atoms with van der Waals surface area (Å²) in [5.41, 5.74) is 13.2. The molecule has 0 saturated heterocycles. The number of nitrogens with zero attached hydrogens (tertiary/aromatic N) is 2. The third kappa shape index (κ3) is 7.43. The first-order valence-electron chi connectivity index (χ1n) is 11.7. The third-order valence-electron chi connectivity index (χ3n) is 5.29. The molecule has 0 fully saturated rings. The van der Waals surface area contributed by atoms with Crippen LogP contribution in [0.15, 0.2) is 72.6 Å². The number of aromatic nitrogens is 2. The molecule has 0 bridgehead atoms. The SMILES string of the molecule is Cc1cn(-c2ccc(NC(=O)c3ccc(C)c(C#C/C(N)=C/C=C(\N)NC(C)C)c3)cc2C(F)(F)F)cn1. The van der Waals surface area contributed by atoms with Gasteiger partial charge in [0.25, 0.3) is 5.91 Å². The van der Waals surface area contributed by atoms with E-state index in [2.05, 4.69) is 27.5 Å². The zero-order chi connectivity index (χ0) is 28.0. The first-order valence-corrected chi connectivity index (χ1v) is 11.7. The number of carbonyl (C=O) groups is 1. The molecule has 1 aromatic heterocycles. The molecule has 38 heavy (non-hydrogen) atoms. The predicted octanol–water partition coefficient (Wildman–Crippen LogP) is 4.75. The van der Waals surface area contributed by atoms with E-state index in [1.54, 1.807) is 37.3 Å². The van der Waals surface area contributed by atoms with Gasteiger partial charge >= 0.3 is 6.18 Å². The van der Waals surface area contributed by atoms with Gasteiger partial charge in [-0.25, -0.2) is 4.98 Å². The molecule has 0 spiro atoms. The molecular formula is C28H29F3N6O. The Morgan fingerprint density at radius 2 is 1.84 bits per heavy atom. The van der Waals surface area contributed by atoms with Gasteiger partial charge in [0.1, 0.15) is 0 Å². The highest BCUT2D eigenvalue weighted by Gasteiger charge is 2.34. The van der Waals surface area contributed by atoms with Crippen LogP contribution in [0.3, 0.4) is 0 Å². The smallest absolute Gasteiger partial charge is 0.392 e. The third-order valence-corrected chi connectivity index (χ3v) is 5.29. The highest BCUT2D eigenvalue weighted by atomic mass is 19.4. The maximum absolute atomic E-state index is 13.8. The van der Waals surface area contributed by atoms with Gasteiger partial charge in [0.2, 0.25) is 0 Å². The topological polar surface area (TPSA) is 111 Å². The zero-order valence-corrected chi connectivity index (χ0v) is 21.4. The van der Waals surface area contributed by atoms with Crippen molar-refractivity contribution >= 4 is 11.6 Å². The van der Waals surface area contributed by atoms with E-state index in [4.69, 9.17) is 11.5 Å². The van der Waals surface area contributed by atoms with Crippen LogP contribution in [-0.4, -0.2) is 21.5 Å². The van der Waals surface area contributed by atoms with Crippen molar-refractivity contribution < 1.29 is 18.0 Å². The second-order valence-electron chi connectivity index (χ2n) is 8.93. The number of anilines is 1. The molecule has 0 aliphatic carbocycles. The van der Waals surface area contributed by atoms with E-state index in [9.17, 15) is 18.0 Å². The average molecular weight is 523 g/mol. The first-order chi connectivity index (χ1) is 17.8. The van der Waals surface area contributed by atoms with Crippen LogP contribution in [-0.2, 0) is 6.18 Å².